The van der Waals surface area contributed by atoms with Crippen LogP contribution >= 0.6 is 0 Å². The first-order valence-corrected chi connectivity index (χ1v) is 4.39. The number of nitrogens with one attached hydrogen (secondary N) is 1. The first-order chi connectivity index (χ1) is 6.61. The molecule has 0 aromatic rings. The number of carbonyl (C=O) groups excluding carboxylic acids is 2. The third-order valence-electron chi connectivity index (χ3n) is 1.28. The number of esters is 1. The normalized spacial score (nSPS) is 10.6. The zero-order valence-corrected chi connectivity index (χ0v) is 8.62. The molecule has 0 rings (SSSR count). The quantitative estimate of drug-likeness (QED) is 0.548. The van der Waals surface area contributed by atoms with Crippen molar-refractivity contribution in [3.63, 3.8) is 0 Å². The third kappa shape index (κ3) is 5.18. The average Bonchev–Trinajstić information content (AvgIpc) is 2.15. The lowest BCUT2D eigenvalue weighted by molar-refractivity contribution is -0.138. The molecule has 0 aromatic carbocycles. The number of ether oxygens (including phenoxy) is 2. The van der Waals surface area contributed by atoms with E-state index >= 15 is 0 Å². The van der Waals surface area contributed by atoms with Gasteiger partial charge < -0.3 is 9.47 Å². The van der Waals surface area contributed by atoms with E-state index in [-0.39, 0.29) is 6.61 Å². The van der Waals surface area contributed by atoms with Gasteiger partial charge in [0, 0.05) is 6.20 Å². The Bertz CT molecular complexity index is 235. The predicted molar refractivity (Wildman–Crippen MR) is 50.5 cm³/mol. The van der Waals surface area contributed by atoms with E-state index in [0.717, 1.165) is 0 Å². The van der Waals surface area contributed by atoms with Gasteiger partial charge in [0.05, 0.1) is 18.8 Å². The van der Waals surface area contributed by atoms with E-state index in [9.17, 15) is 9.59 Å². The summed E-state index contributed by atoms with van der Waals surface area (Å²) in [5, 5.41) is 2.30. The van der Waals surface area contributed by atoms with Crippen LogP contribution in [0.1, 0.15) is 20.8 Å². The van der Waals surface area contributed by atoms with Gasteiger partial charge in [0.1, 0.15) is 0 Å². The topological polar surface area (TPSA) is 64.6 Å². The second kappa shape index (κ2) is 6.94. The first kappa shape index (κ1) is 12.5. The van der Waals surface area contributed by atoms with Gasteiger partial charge in [0.15, 0.2) is 0 Å². The van der Waals surface area contributed by atoms with Gasteiger partial charge in [-0.3, -0.25) is 5.32 Å². The van der Waals surface area contributed by atoms with Crippen LogP contribution in [0.3, 0.4) is 0 Å². The molecule has 0 unspecified atom stereocenters. The molecule has 5 nitrogen and oxygen atoms in total. The highest BCUT2D eigenvalue weighted by Crippen LogP contribution is 1.94. The Hall–Kier alpha value is -1.52. The Morgan fingerprint density at radius 1 is 1.21 bits per heavy atom. The molecule has 80 valence electrons. The summed E-state index contributed by atoms with van der Waals surface area (Å²) in [7, 11) is 0. The molecule has 0 aliphatic carbocycles. The van der Waals surface area contributed by atoms with Crippen molar-refractivity contribution in [2.45, 2.75) is 20.8 Å². The highest BCUT2D eigenvalue weighted by Gasteiger charge is 2.04. The number of amides is 1. The van der Waals surface area contributed by atoms with Gasteiger partial charge in [-0.05, 0) is 20.8 Å². The summed E-state index contributed by atoms with van der Waals surface area (Å²) in [6, 6.07) is 0. The summed E-state index contributed by atoms with van der Waals surface area (Å²) < 4.78 is 9.28. The van der Waals surface area contributed by atoms with E-state index in [4.69, 9.17) is 4.74 Å². The monoisotopic (exact) mass is 201 g/mol. The van der Waals surface area contributed by atoms with Crippen LogP contribution in [-0.4, -0.2) is 25.3 Å². The van der Waals surface area contributed by atoms with Crippen molar-refractivity contribution in [1.29, 1.82) is 0 Å². The van der Waals surface area contributed by atoms with Gasteiger partial charge in [-0.15, -0.1) is 0 Å². The maximum atomic E-state index is 11.0. The number of rotatable bonds is 4. The maximum Gasteiger partial charge on any atom is 0.411 e. The van der Waals surface area contributed by atoms with Crippen molar-refractivity contribution in [2.24, 2.45) is 0 Å². The summed E-state index contributed by atoms with van der Waals surface area (Å²) in [5.74, 6) is -0.454. The lowest BCUT2D eigenvalue weighted by Gasteiger charge is -2.02. The average molecular weight is 201 g/mol. The maximum absolute atomic E-state index is 11.0. The molecule has 1 amide bonds. The van der Waals surface area contributed by atoms with Crippen molar-refractivity contribution in [3.8, 4) is 0 Å². The minimum absolute atomic E-state index is 0.290. The molecule has 0 bridgehead atoms. The Morgan fingerprint density at radius 3 is 2.29 bits per heavy atom. The molecule has 14 heavy (non-hydrogen) atoms. The second-order valence-electron chi connectivity index (χ2n) is 2.41. The molecule has 0 aliphatic rings. The zero-order chi connectivity index (χ0) is 11.0. The molecule has 0 aromatic heterocycles. The molecule has 0 atom stereocenters. The Morgan fingerprint density at radius 2 is 1.79 bits per heavy atom. The number of hydrogen-bond donors (Lipinski definition) is 1. The molecule has 1 N–H and O–H groups in total. The lowest BCUT2D eigenvalue weighted by atomic mass is 10.3. The van der Waals surface area contributed by atoms with Crippen LogP contribution in [0.2, 0.25) is 0 Å². The van der Waals surface area contributed by atoms with E-state index in [1.54, 1.807) is 20.8 Å². The molecule has 0 saturated heterocycles. The van der Waals surface area contributed by atoms with Gasteiger partial charge in [-0.1, -0.05) is 0 Å². The molecule has 0 radical (unpaired) electrons. The predicted octanol–water partition coefficient (Wildman–Crippen LogP) is 1.20. The zero-order valence-electron chi connectivity index (χ0n) is 8.62. The second-order valence-corrected chi connectivity index (χ2v) is 2.41. The third-order valence-corrected chi connectivity index (χ3v) is 1.28. The van der Waals surface area contributed by atoms with Crippen LogP contribution in [-0.2, 0) is 14.3 Å². The summed E-state index contributed by atoms with van der Waals surface area (Å²) in [4.78, 5) is 21.8. The van der Waals surface area contributed by atoms with Crippen LogP contribution in [0.5, 0.6) is 0 Å². The van der Waals surface area contributed by atoms with Crippen molar-refractivity contribution < 1.29 is 19.1 Å². The fraction of sp³-hybridized carbons (Fsp3) is 0.556. The summed E-state index contributed by atoms with van der Waals surface area (Å²) in [5.41, 5.74) is 0.319. The van der Waals surface area contributed by atoms with E-state index in [0.29, 0.717) is 12.2 Å². The van der Waals surface area contributed by atoms with Gasteiger partial charge >= 0.3 is 12.1 Å². The Kier molecular flexibility index (Phi) is 6.19. The van der Waals surface area contributed by atoms with Crippen LogP contribution < -0.4 is 5.32 Å². The van der Waals surface area contributed by atoms with Crippen LogP contribution in [0.4, 0.5) is 4.79 Å². The smallest absolute Gasteiger partial charge is 0.411 e. The van der Waals surface area contributed by atoms with Crippen LogP contribution in [0.25, 0.3) is 0 Å². The first-order valence-electron chi connectivity index (χ1n) is 4.39. The molecular weight excluding hydrogens is 186 g/mol. The minimum Gasteiger partial charge on any atom is -0.463 e. The van der Waals surface area contributed by atoms with Crippen molar-refractivity contribution in [1.82, 2.24) is 5.32 Å². The minimum atomic E-state index is -0.587. The molecule has 0 fully saturated rings. The van der Waals surface area contributed by atoms with E-state index in [2.05, 4.69) is 10.1 Å². The van der Waals surface area contributed by atoms with Gasteiger partial charge in [-0.25, -0.2) is 9.59 Å². The van der Waals surface area contributed by atoms with Gasteiger partial charge in [0.25, 0.3) is 0 Å². The summed E-state index contributed by atoms with van der Waals surface area (Å²) >= 11 is 0. The number of hydrogen-bond acceptors (Lipinski definition) is 4. The van der Waals surface area contributed by atoms with E-state index in [1.807, 2.05) is 0 Å². The van der Waals surface area contributed by atoms with E-state index in [1.165, 1.54) is 6.20 Å². The summed E-state index contributed by atoms with van der Waals surface area (Å²) in [6.45, 7) is 5.55. The molecule has 0 spiro atoms. The molecular formula is C9H15NO4. The number of alkyl carbamates (subject to hydrolysis) is 1. The van der Waals surface area contributed by atoms with Crippen molar-refractivity contribution >= 4 is 12.1 Å². The fourth-order valence-corrected chi connectivity index (χ4v) is 0.644. The van der Waals surface area contributed by atoms with Gasteiger partial charge in [0.2, 0.25) is 0 Å². The Labute approximate surface area is 83.1 Å². The molecule has 0 aliphatic heterocycles. The van der Waals surface area contributed by atoms with Crippen molar-refractivity contribution in [2.75, 3.05) is 13.2 Å². The Balaban J connectivity index is 3.98. The van der Waals surface area contributed by atoms with Crippen molar-refractivity contribution in [3.05, 3.63) is 11.8 Å². The highest BCUT2D eigenvalue weighted by molar-refractivity contribution is 5.88. The fourth-order valence-electron chi connectivity index (χ4n) is 0.644. The lowest BCUT2D eigenvalue weighted by Crippen LogP contribution is -2.20. The van der Waals surface area contributed by atoms with E-state index < -0.39 is 12.1 Å². The molecule has 5 heteroatoms. The molecule has 0 saturated carbocycles. The standard InChI is InChI=1S/C9H15NO4/c1-4-13-8(11)7(3)6-10-9(12)14-5-2/h6H,4-5H2,1-3H3,(H,10,12). The largest absolute Gasteiger partial charge is 0.463 e. The van der Waals surface area contributed by atoms with Gasteiger partial charge in [-0.2, -0.15) is 0 Å². The highest BCUT2D eigenvalue weighted by atomic mass is 16.5. The van der Waals surface area contributed by atoms with Crippen LogP contribution in [0, 0.1) is 0 Å². The summed E-state index contributed by atoms with van der Waals surface area (Å²) in [6.07, 6.45) is 0.673. The number of carbonyl (C=O) groups is 2. The SMILES string of the molecule is CCOC(=O)NC=C(C)C(=O)OCC. The molecule has 0 heterocycles. The van der Waals surface area contributed by atoms with Crippen LogP contribution in [0.15, 0.2) is 11.8 Å².